The lowest BCUT2D eigenvalue weighted by Crippen LogP contribution is -2.18. The summed E-state index contributed by atoms with van der Waals surface area (Å²) in [5.41, 5.74) is 8.82. The minimum atomic E-state index is -0.283. The normalized spacial score (nSPS) is 12.2. The van der Waals surface area contributed by atoms with Crippen LogP contribution in [-0.4, -0.2) is 17.6 Å². The monoisotopic (exact) mass is 351 g/mol. The maximum Gasteiger partial charge on any atom is 0.219 e. The molecule has 0 saturated heterocycles. The second-order valence-corrected chi connectivity index (χ2v) is 6.46. The van der Waals surface area contributed by atoms with Crippen molar-refractivity contribution in [3.63, 3.8) is 0 Å². The first kappa shape index (κ1) is 18.0. The fraction of sp³-hybridized carbons (Fsp3) is 0.286. The van der Waals surface area contributed by atoms with Gasteiger partial charge in [-0.3, -0.25) is 4.79 Å². The highest BCUT2D eigenvalue weighted by molar-refractivity contribution is 5.84. The van der Waals surface area contributed by atoms with Crippen LogP contribution in [-0.2, 0) is 17.9 Å². The van der Waals surface area contributed by atoms with E-state index in [-0.39, 0.29) is 11.9 Å². The van der Waals surface area contributed by atoms with Crippen LogP contribution in [0.1, 0.15) is 30.5 Å². The fourth-order valence-corrected chi connectivity index (χ4v) is 3.17. The highest BCUT2D eigenvalue weighted by Crippen LogP contribution is 2.23. The van der Waals surface area contributed by atoms with E-state index in [4.69, 9.17) is 10.5 Å². The van der Waals surface area contributed by atoms with Crippen LogP contribution < -0.4 is 15.8 Å². The van der Waals surface area contributed by atoms with Crippen molar-refractivity contribution in [2.75, 3.05) is 7.11 Å². The van der Waals surface area contributed by atoms with E-state index in [1.165, 1.54) is 16.5 Å². The molecule has 2 aromatic carbocycles. The Balaban J connectivity index is 1.76. The van der Waals surface area contributed by atoms with Gasteiger partial charge in [-0.05, 0) is 36.2 Å². The number of nitrogens with two attached hydrogens (primary N) is 1. The number of hydrogen-bond donors (Lipinski definition) is 2. The minimum absolute atomic E-state index is 0.192. The number of aromatic nitrogens is 1. The van der Waals surface area contributed by atoms with Crippen LogP contribution in [0, 0.1) is 0 Å². The number of rotatable bonds is 8. The molecule has 5 heteroatoms. The molecule has 1 heterocycles. The standard InChI is InChI=1S/C21H25N3O2/c1-15(16-6-5-7-18(12-16)26-2)23-13-17-14-24(11-10-21(22)25)20-9-4-3-8-19(17)20/h3-9,12,14-15,23H,10-11,13H2,1-2H3,(H2,22,25)/t15-/m1/s1. The van der Waals surface area contributed by atoms with E-state index in [9.17, 15) is 4.79 Å². The van der Waals surface area contributed by atoms with Gasteiger partial charge in [-0.2, -0.15) is 0 Å². The van der Waals surface area contributed by atoms with Gasteiger partial charge in [0, 0.05) is 42.7 Å². The van der Waals surface area contributed by atoms with E-state index < -0.39 is 0 Å². The summed E-state index contributed by atoms with van der Waals surface area (Å²) in [6.45, 7) is 3.48. The second kappa shape index (κ2) is 8.06. The molecule has 5 nitrogen and oxygen atoms in total. The molecule has 3 N–H and O–H groups in total. The molecule has 3 rings (SSSR count). The molecule has 0 radical (unpaired) electrons. The van der Waals surface area contributed by atoms with Gasteiger partial charge in [0.15, 0.2) is 0 Å². The van der Waals surface area contributed by atoms with Gasteiger partial charge in [0.25, 0.3) is 0 Å². The molecule has 1 atom stereocenters. The molecule has 0 aliphatic carbocycles. The molecule has 0 aliphatic rings. The van der Waals surface area contributed by atoms with Crippen molar-refractivity contribution in [2.45, 2.75) is 32.5 Å². The van der Waals surface area contributed by atoms with Crippen LogP contribution in [0.4, 0.5) is 0 Å². The molecule has 3 aromatic rings. The Kier molecular flexibility index (Phi) is 5.58. The molecule has 26 heavy (non-hydrogen) atoms. The van der Waals surface area contributed by atoms with Gasteiger partial charge < -0.3 is 20.4 Å². The van der Waals surface area contributed by atoms with Crippen LogP contribution in [0.15, 0.2) is 54.7 Å². The third kappa shape index (κ3) is 4.06. The van der Waals surface area contributed by atoms with E-state index in [1.54, 1.807) is 7.11 Å². The van der Waals surface area contributed by atoms with E-state index in [0.29, 0.717) is 13.0 Å². The van der Waals surface area contributed by atoms with Gasteiger partial charge in [0.05, 0.1) is 7.11 Å². The molecule has 0 unspecified atom stereocenters. The Morgan fingerprint density at radius 1 is 1.23 bits per heavy atom. The Morgan fingerprint density at radius 2 is 2.04 bits per heavy atom. The predicted octanol–water partition coefficient (Wildman–Crippen LogP) is 3.38. The number of methoxy groups -OCH3 is 1. The summed E-state index contributed by atoms with van der Waals surface area (Å²) < 4.78 is 7.41. The number of aryl methyl sites for hydroxylation is 1. The first-order valence-electron chi connectivity index (χ1n) is 8.81. The summed E-state index contributed by atoms with van der Waals surface area (Å²) in [5.74, 6) is 0.577. The Labute approximate surface area is 153 Å². The number of fused-ring (bicyclic) bond motifs is 1. The highest BCUT2D eigenvalue weighted by Gasteiger charge is 2.11. The lowest BCUT2D eigenvalue weighted by molar-refractivity contribution is -0.118. The van der Waals surface area contributed by atoms with E-state index >= 15 is 0 Å². The van der Waals surface area contributed by atoms with Crippen LogP contribution in [0.2, 0.25) is 0 Å². The quantitative estimate of drug-likeness (QED) is 0.654. The number of ether oxygens (including phenoxy) is 1. The molecule has 0 aliphatic heterocycles. The second-order valence-electron chi connectivity index (χ2n) is 6.46. The molecular formula is C21H25N3O2. The first-order chi connectivity index (χ1) is 12.6. The van der Waals surface area contributed by atoms with Crippen molar-refractivity contribution >= 4 is 16.8 Å². The van der Waals surface area contributed by atoms with Gasteiger partial charge >= 0.3 is 0 Å². The largest absolute Gasteiger partial charge is 0.497 e. The molecule has 0 saturated carbocycles. The first-order valence-corrected chi connectivity index (χ1v) is 8.81. The molecule has 1 amide bonds. The van der Waals surface area contributed by atoms with Crippen molar-refractivity contribution in [3.05, 3.63) is 65.9 Å². The highest BCUT2D eigenvalue weighted by atomic mass is 16.5. The van der Waals surface area contributed by atoms with Crippen molar-refractivity contribution in [1.82, 2.24) is 9.88 Å². The number of hydrogen-bond acceptors (Lipinski definition) is 3. The maximum absolute atomic E-state index is 11.1. The molecule has 0 spiro atoms. The minimum Gasteiger partial charge on any atom is -0.497 e. The van der Waals surface area contributed by atoms with Crippen molar-refractivity contribution in [2.24, 2.45) is 5.73 Å². The number of nitrogens with one attached hydrogen (secondary N) is 1. The van der Waals surface area contributed by atoms with Crippen molar-refractivity contribution in [1.29, 1.82) is 0 Å². The Hall–Kier alpha value is -2.79. The fourth-order valence-electron chi connectivity index (χ4n) is 3.17. The zero-order valence-electron chi connectivity index (χ0n) is 15.2. The van der Waals surface area contributed by atoms with Gasteiger partial charge in [-0.25, -0.2) is 0 Å². The number of primary amides is 1. The number of carbonyl (C=O) groups is 1. The summed E-state index contributed by atoms with van der Waals surface area (Å²) in [6, 6.07) is 16.5. The van der Waals surface area contributed by atoms with Crippen LogP contribution in [0.25, 0.3) is 10.9 Å². The third-order valence-corrected chi connectivity index (χ3v) is 4.66. The van der Waals surface area contributed by atoms with Crippen LogP contribution >= 0.6 is 0 Å². The zero-order chi connectivity index (χ0) is 18.5. The summed E-state index contributed by atoms with van der Waals surface area (Å²) in [6.07, 6.45) is 2.45. The number of carbonyl (C=O) groups excluding carboxylic acids is 1. The Bertz CT molecular complexity index is 901. The summed E-state index contributed by atoms with van der Waals surface area (Å²) in [5, 5.41) is 4.77. The smallest absolute Gasteiger partial charge is 0.219 e. The summed E-state index contributed by atoms with van der Waals surface area (Å²) in [7, 11) is 1.68. The molecule has 0 bridgehead atoms. The molecule has 136 valence electrons. The van der Waals surface area contributed by atoms with Gasteiger partial charge in [0.2, 0.25) is 5.91 Å². The number of para-hydroxylation sites is 1. The molecular weight excluding hydrogens is 326 g/mol. The van der Waals surface area contributed by atoms with Gasteiger partial charge in [-0.15, -0.1) is 0 Å². The Morgan fingerprint density at radius 3 is 2.81 bits per heavy atom. The third-order valence-electron chi connectivity index (χ3n) is 4.66. The molecule has 1 aromatic heterocycles. The zero-order valence-corrected chi connectivity index (χ0v) is 15.2. The maximum atomic E-state index is 11.1. The SMILES string of the molecule is COc1cccc([C@@H](C)NCc2cn(CCC(N)=O)c3ccccc23)c1. The van der Waals surface area contributed by atoms with E-state index in [1.807, 2.05) is 30.3 Å². The number of nitrogens with zero attached hydrogens (tertiary/aromatic N) is 1. The van der Waals surface area contributed by atoms with Gasteiger partial charge in [-0.1, -0.05) is 30.3 Å². The number of amides is 1. The lowest BCUT2D eigenvalue weighted by atomic mass is 10.1. The van der Waals surface area contributed by atoms with Crippen LogP contribution in [0.5, 0.6) is 5.75 Å². The van der Waals surface area contributed by atoms with Crippen molar-refractivity contribution < 1.29 is 9.53 Å². The lowest BCUT2D eigenvalue weighted by Gasteiger charge is -2.15. The predicted molar refractivity (Wildman–Crippen MR) is 104 cm³/mol. The average molecular weight is 351 g/mol. The average Bonchev–Trinajstić information content (AvgIpc) is 3.02. The van der Waals surface area contributed by atoms with E-state index in [0.717, 1.165) is 17.8 Å². The van der Waals surface area contributed by atoms with Crippen molar-refractivity contribution in [3.8, 4) is 5.75 Å². The summed E-state index contributed by atoms with van der Waals surface area (Å²) >= 11 is 0. The number of benzene rings is 2. The summed E-state index contributed by atoms with van der Waals surface area (Å²) in [4.78, 5) is 11.1. The topological polar surface area (TPSA) is 69.3 Å². The van der Waals surface area contributed by atoms with E-state index in [2.05, 4.69) is 41.2 Å². The van der Waals surface area contributed by atoms with Gasteiger partial charge in [0.1, 0.15) is 5.75 Å². The van der Waals surface area contributed by atoms with Crippen LogP contribution in [0.3, 0.4) is 0 Å². The molecule has 0 fully saturated rings.